The summed E-state index contributed by atoms with van der Waals surface area (Å²) in [5.41, 5.74) is 1.71. The molecule has 0 N–H and O–H groups in total. The van der Waals surface area contributed by atoms with Gasteiger partial charge in [0.1, 0.15) is 16.1 Å². The van der Waals surface area contributed by atoms with Crippen LogP contribution < -0.4 is 9.47 Å². The Labute approximate surface area is 159 Å². The van der Waals surface area contributed by atoms with Crippen molar-refractivity contribution in [1.82, 2.24) is 10.2 Å². The standard InChI is InChI=1S/C20H13N3O3S/c21-11-15(8-13-6-7-17-18(9-13)26-12-25-17)16(24)10-19-22-23-20(27-19)14-4-2-1-3-5-14/h1-9H,10,12H2/b15-8+. The molecule has 0 spiro atoms. The van der Waals surface area contributed by atoms with Gasteiger partial charge in [-0.3, -0.25) is 4.79 Å². The van der Waals surface area contributed by atoms with Crippen molar-refractivity contribution in [2.45, 2.75) is 6.42 Å². The van der Waals surface area contributed by atoms with Gasteiger partial charge in [-0.2, -0.15) is 5.26 Å². The summed E-state index contributed by atoms with van der Waals surface area (Å²) in [6, 6.07) is 16.9. The Balaban J connectivity index is 1.51. The van der Waals surface area contributed by atoms with Crippen LogP contribution in [0.5, 0.6) is 11.5 Å². The first-order valence-corrected chi connectivity index (χ1v) is 8.97. The SMILES string of the molecule is N#C/C(=C\c1ccc2c(c1)OCO2)C(=O)Cc1nnc(-c2ccccc2)s1. The number of nitriles is 1. The van der Waals surface area contributed by atoms with E-state index in [1.54, 1.807) is 24.3 Å². The number of carbonyl (C=O) groups is 1. The van der Waals surface area contributed by atoms with Gasteiger partial charge < -0.3 is 9.47 Å². The van der Waals surface area contributed by atoms with Gasteiger partial charge in [0.2, 0.25) is 6.79 Å². The van der Waals surface area contributed by atoms with Crippen molar-refractivity contribution in [1.29, 1.82) is 5.26 Å². The van der Waals surface area contributed by atoms with E-state index in [2.05, 4.69) is 10.2 Å². The van der Waals surface area contributed by atoms with E-state index in [0.29, 0.717) is 22.1 Å². The van der Waals surface area contributed by atoms with Gasteiger partial charge in [-0.25, -0.2) is 0 Å². The number of Topliss-reactive ketones (excluding diaryl/α,β-unsaturated/α-hetero) is 1. The van der Waals surface area contributed by atoms with E-state index < -0.39 is 0 Å². The molecule has 6 nitrogen and oxygen atoms in total. The maximum Gasteiger partial charge on any atom is 0.231 e. The Hall–Kier alpha value is -3.50. The van der Waals surface area contributed by atoms with Crippen LogP contribution in [0.15, 0.2) is 54.1 Å². The quantitative estimate of drug-likeness (QED) is 0.500. The minimum absolute atomic E-state index is 0.0362. The van der Waals surface area contributed by atoms with Gasteiger partial charge in [0.05, 0.1) is 12.0 Å². The zero-order valence-electron chi connectivity index (χ0n) is 14.1. The first-order valence-electron chi connectivity index (χ1n) is 8.15. The van der Waals surface area contributed by atoms with Gasteiger partial charge in [0.15, 0.2) is 17.3 Å². The molecule has 132 valence electrons. The number of carbonyl (C=O) groups excluding carboxylic acids is 1. The van der Waals surface area contributed by atoms with E-state index in [1.165, 1.54) is 11.3 Å². The minimum atomic E-state index is -0.300. The normalized spacial score (nSPS) is 12.6. The molecule has 0 saturated heterocycles. The summed E-state index contributed by atoms with van der Waals surface area (Å²) in [6.45, 7) is 0.174. The Morgan fingerprint density at radius 3 is 2.78 bits per heavy atom. The second kappa shape index (κ2) is 7.40. The van der Waals surface area contributed by atoms with Crippen LogP contribution in [-0.4, -0.2) is 22.8 Å². The number of ether oxygens (including phenoxy) is 2. The number of nitrogens with zero attached hydrogens (tertiary/aromatic N) is 3. The van der Waals surface area contributed by atoms with E-state index in [-0.39, 0.29) is 24.6 Å². The molecular weight excluding hydrogens is 362 g/mol. The van der Waals surface area contributed by atoms with Gasteiger partial charge in [-0.15, -0.1) is 10.2 Å². The van der Waals surface area contributed by atoms with Crippen molar-refractivity contribution in [3.63, 3.8) is 0 Å². The highest BCUT2D eigenvalue weighted by atomic mass is 32.1. The number of allylic oxidation sites excluding steroid dienone is 1. The summed E-state index contributed by atoms with van der Waals surface area (Å²) >= 11 is 1.35. The van der Waals surface area contributed by atoms with Crippen LogP contribution in [-0.2, 0) is 11.2 Å². The summed E-state index contributed by atoms with van der Waals surface area (Å²) in [4.78, 5) is 12.5. The lowest BCUT2D eigenvalue weighted by atomic mass is 10.1. The molecule has 2 aromatic carbocycles. The summed E-state index contributed by atoms with van der Waals surface area (Å²) in [6.07, 6.45) is 1.58. The number of ketones is 1. The number of fused-ring (bicyclic) bond motifs is 1. The van der Waals surface area contributed by atoms with Crippen molar-refractivity contribution in [2.75, 3.05) is 6.79 Å². The molecule has 1 aliphatic rings. The predicted octanol–water partition coefficient (Wildman–Crippen LogP) is 3.65. The Kier molecular flexibility index (Phi) is 4.64. The Morgan fingerprint density at radius 1 is 1.15 bits per heavy atom. The smallest absolute Gasteiger partial charge is 0.231 e. The average molecular weight is 375 g/mol. The van der Waals surface area contributed by atoms with E-state index in [1.807, 2.05) is 36.4 Å². The maximum absolute atomic E-state index is 12.5. The van der Waals surface area contributed by atoms with E-state index >= 15 is 0 Å². The lowest BCUT2D eigenvalue weighted by molar-refractivity contribution is -0.114. The monoisotopic (exact) mass is 375 g/mol. The van der Waals surface area contributed by atoms with Gasteiger partial charge >= 0.3 is 0 Å². The molecule has 0 radical (unpaired) electrons. The van der Waals surface area contributed by atoms with Crippen molar-refractivity contribution in [3.05, 3.63) is 64.7 Å². The maximum atomic E-state index is 12.5. The fraction of sp³-hybridized carbons (Fsp3) is 0.100. The molecular formula is C20H13N3O3S. The molecule has 4 rings (SSSR count). The van der Waals surface area contributed by atoms with Gasteiger partial charge in [-0.05, 0) is 23.8 Å². The van der Waals surface area contributed by atoms with Crippen LogP contribution in [0, 0.1) is 11.3 Å². The topological polar surface area (TPSA) is 85.1 Å². The first-order chi connectivity index (χ1) is 13.2. The molecule has 27 heavy (non-hydrogen) atoms. The number of hydrogen-bond donors (Lipinski definition) is 0. The van der Waals surface area contributed by atoms with Crippen molar-refractivity contribution < 1.29 is 14.3 Å². The average Bonchev–Trinajstić information content (AvgIpc) is 3.35. The summed E-state index contributed by atoms with van der Waals surface area (Å²) in [5, 5.41) is 18.9. The van der Waals surface area contributed by atoms with Crippen molar-refractivity contribution in [3.8, 4) is 28.1 Å². The summed E-state index contributed by atoms with van der Waals surface area (Å²) in [5.74, 6) is 0.954. The zero-order valence-corrected chi connectivity index (χ0v) is 14.9. The molecule has 0 atom stereocenters. The van der Waals surface area contributed by atoms with E-state index in [0.717, 1.165) is 10.6 Å². The third-order valence-corrected chi connectivity index (χ3v) is 4.90. The molecule has 1 aliphatic heterocycles. The molecule has 3 aromatic rings. The van der Waals surface area contributed by atoms with Crippen LogP contribution in [0.1, 0.15) is 10.6 Å². The van der Waals surface area contributed by atoms with Crippen LogP contribution in [0.4, 0.5) is 0 Å². The van der Waals surface area contributed by atoms with E-state index in [9.17, 15) is 10.1 Å². The van der Waals surface area contributed by atoms with Gasteiger partial charge in [0.25, 0.3) is 0 Å². The summed E-state index contributed by atoms with van der Waals surface area (Å²) < 4.78 is 10.6. The van der Waals surface area contributed by atoms with Crippen LogP contribution in [0.3, 0.4) is 0 Å². The summed E-state index contributed by atoms with van der Waals surface area (Å²) in [7, 11) is 0. The third kappa shape index (κ3) is 3.71. The number of aromatic nitrogens is 2. The van der Waals surface area contributed by atoms with Crippen LogP contribution in [0.25, 0.3) is 16.6 Å². The highest BCUT2D eigenvalue weighted by molar-refractivity contribution is 7.14. The lowest BCUT2D eigenvalue weighted by Crippen LogP contribution is -2.05. The molecule has 0 saturated carbocycles. The molecule has 2 heterocycles. The molecule has 0 bridgehead atoms. The zero-order chi connectivity index (χ0) is 18.6. The highest BCUT2D eigenvalue weighted by Gasteiger charge is 2.16. The number of hydrogen-bond acceptors (Lipinski definition) is 7. The Morgan fingerprint density at radius 2 is 1.96 bits per heavy atom. The Bertz CT molecular complexity index is 1070. The molecule has 0 amide bonds. The second-order valence-corrected chi connectivity index (χ2v) is 6.81. The van der Waals surface area contributed by atoms with Crippen molar-refractivity contribution >= 4 is 23.2 Å². The fourth-order valence-electron chi connectivity index (χ4n) is 2.60. The number of rotatable bonds is 5. The number of benzene rings is 2. The molecule has 0 fully saturated rings. The van der Waals surface area contributed by atoms with Crippen molar-refractivity contribution in [2.24, 2.45) is 0 Å². The molecule has 1 aromatic heterocycles. The first kappa shape index (κ1) is 16.9. The van der Waals surface area contributed by atoms with Gasteiger partial charge in [0, 0.05) is 5.56 Å². The minimum Gasteiger partial charge on any atom is -0.454 e. The van der Waals surface area contributed by atoms with Crippen LogP contribution in [0.2, 0.25) is 0 Å². The fourth-order valence-corrected chi connectivity index (χ4v) is 3.44. The molecule has 7 heteroatoms. The molecule has 0 aliphatic carbocycles. The third-order valence-electron chi connectivity index (χ3n) is 3.93. The predicted molar refractivity (Wildman–Crippen MR) is 100 cm³/mol. The molecule has 0 unspecified atom stereocenters. The second-order valence-electron chi connectivity index (χ2n) is 5.75. The van der Waals surface area contributed by atoms with E-state index in [4.69, 9.17) is 9.47 Å². The van der Waals surface area contributed by atoms with Crippen LogP contribution >= 0.6 is 11.3 Å². The largest absolute Gasteiger partial charge is 0.454 e. The van der Waals surface area contributed by atoms with Gasteiger partial charge in [-0.1, -0.05) is 47.7 Å². The lowest BCUT2D eigenvalue weighted by Gasteiger charge is -2.00. The highest BCUT2D eigenvalue weighted by Crippen LogP contribution is 2.33.